The van der Waals surface area contributed by atoms with Crippen molar-refractivity contribution in [3.8, 4) is 0 Å². The third kappa shape index (κ3) is 3.67. The maximum atomic E-state index is 12.2. The van der Waals surface area contributed by atoms with Crippen LogP contribution in [0, 0.1) is 0 Å². The van der Waals surface area contributed by atoms with E-state index in [2.05, 4.69) is 32.6 Å². The molecule has 0 heterocycles. The molecule has 0 aliphatic rings. The fourth-order valence-corrected chi connectivity index (χ4v) is 1.72. The number of hydrogen-bond acceptors (Lipinski definition) is 2. The predicted octanol–water partition coefficient (Wildman–Crippen LogP) is 3.55. The van der Waals surface area contributed by atoms with Crippen molar-refractivity contribution in [2.24, 2.45) is 0 Å². The van der Waals surface area contributed by atoms with Crippen molar-refractivity contribution in [3.63, 3.8) is 0 Å². The molecule has 0 aliphatic heterocycles. The SMILES string of the molecule is CCc1ccc(C(=O)CN(C)C(C)(C)CC)cc1. The van der Waals surface area contributed by atoms with Gasteiger partial charge in [0.2, 0.25) is 0 Å². The molecular formula is C16H25NO. The van der Waals surface area contributed by atoms with E-state index < -0.39 is 0 Å². The maximum absolute atomic E-state index is 12.2. The molecule has 1 aromatic carbocycles. The molecule has 1 rings (SSSR count). The zero-order chi connectivity index (χ0) is 13.8. The lowest BCUT2D eigenvalue weighted by Crippen LogP contribution is -2.43. The first kappa shape index (κ1) is 14.9. The largest absolute Gasteiger partial charge is 0.294 e. The van der Waals surface area contributed by atoms with Gasteiger partial charge in [-0.2, -0.15) is 0 Å². The van der Waals surface area contributed by atoms with Crippen molar-refractivity contribution in [2.75, 3.05) is 13.6 Å². The molecule has 2 heteroatoms. The summed E-state index contributed by atoms with van der Waals surface area (Å²) in [6, 6.07) is 7.96. The van der Waals surface area contributed by atoms with Crippen molar-refractivity contribution >= 4 is 5.78 Å². The second kappa shape index (κ2) is 6.14. The van der Waals surface area contributed by atoms with E-state index in [1.165, 1.54) is 5.56 Å². The van der Waals surface area contributed by atoms with E-state index in [0.717, 1.165) is 18.4 Å². The highest BCUT2D eigenvalue weighted by molar-refractivity contribution is 5.97. The number of hydrogen-bond donors (Lipinski definition) is 0. The second-order valence-electron chi connectivity index (χ2n) is 5.50. The highest BCUT2D eigenvalue weighted by Gasteiger charge is 2.23. The summed E-state index contributed by atoms with van der Waals surface area (Å²) in [7, 11) is 2.02. The predicted molar refractivity (Wildman–Crippen MR) is 77.2 cm³/mol. The van der Waals surface area contributed by atoms with Crippen molar-refractivity contribution in [3.05, 3.63) is 35.4 Å². The van der Waals surface area contributed by atoms with Gasteiger partial charge in [-0.25, -0.2) is 0 Å². The molecule has 0 N–H and O–H groups in total. The molecule has 100 valence electrons. The van der Waals surface area contributed by atoms with Gasteiger partial charge < -0.3 is 0 Å². The second-order valence-corrected chi connectivity index (χ2v) is 5.50. The van der Waals surface area contributed by atoms with Gasteiger partial charge in [0.15, 0.2) is 5.78 Å². The molecule has 0 radical (unpaired) electrons. The molecule has 0 aromatic heterocycles. The Hall–Kier alpha value is -1.15. The third-order valence-electron chi connectivity index (χ3n) is 3.96. The van der Waals surface area contributed by atoms with Gasteiger partial charge in [-0.3, -0.25) is 9.69 Å². The van der Waals surface area contributed by atoms with Crippen LogP contribution < -0.4 is 0 Å². The minimum absolute atomic E-state index is 0.0685. The van der Waals surface area contributed by atoms with Crippen LogP contribution in [-0.4, -0.2) is 29.8 Å². The zero-order valence-electron chi connectivity index (χ0n) is 12.3. The lowest BCUT2D eigenvalue weighted by atomic mass is 9.98. The quantitative estimate of drug-likeness (QED) is 0.716. The average Bonchev–Trinajstić information content (AvgIpc) is 2.38. The molecule has 0 saturated heterocycles. The summed E-state index contributed by atoms with van der Waals surface area (Å²) in [5.74, 6) is 0.196. The fourth-order valence-electron chi connectivity index (χ4n) is 1.72. The van der Waals surface area contributed by atoms with Crippen LogP contribution in [-0.2, 0) is 6.42 Å². The molecule has 0 aliphatic carbocycles. The van der Waals surface area contributed by atoms with Crippen LogP contribution in [0.3, 0.4) is 0 Å². The smallest absolute Gasteiger partial charge is 0.176 e. The maximum Gasteiger partial charge on any atom is 0.176 e. The Labute approximate surface area is 111 Å². The Balaban J connectivity index is 2.70. The summed E-state index contributed by atoms with van der Waals surface area (Å²) in [6.45, 7) is 9.08. The Morgan fingerprint density at radius 3 is 2.17 bits per heavy atom. The summed E-state index contributed by atoms with van der Waals surface area (Å²) in [6.07, 6.45) is 2.04. The first-order chi connectivity index (χ1) is 8.40. The molecule has 0 spiro atoms. The van der Waals surface area contributed by atoms with Gasteiger partial charge >= 0.3 is 0 Å². The van der Waals surface area contributed by atoms with Gasteiger partial charge in [0.25, 0.3) is 0 Å². The van der Waals surface area contributed by atoms with Gasteiger partial charge in [0, 0.05) is 11.1 Å². The van der Waals surface area contributed by atoms with Gasteiger partial charge in [-0.1, -0.05) is 38.1 Å². The number of ketones is 1. The van der Waals surface area contributed by atoms with Crippen LogP contribution in [0.1, 0.15) is 50.0 Å². The topological polar surface area (TPSA) is 20.3 Å². The van der Waals surface area contributed by atoms with Crippen LogP contribution in [0.2, 0.25) is 0 Å². The molecule has 2 nitrogen and oxygen atoms in total. The molecule has 1 aromatic rings. The van der Waals surface area contributed by atoms with Crippen LogP contribution >= 0.6 is 0 Å². The van der Waals surface area contributed by atoms with E-state index in [9.17, 15) is 4.79 Å². The average molecular weight is 247 g/mol. The Morgan fingerprint density at radius 1 is 1.17 bits per heavy atom. The van der Waals surface area contributed by atoms with Crippen molar-refractivity contribution in [1.82, 2.24) is 4.90 Å². The summed E-state index contributed by atoms with van der Waals surface area (Å²) in [4.78, 5) is 14.3. The van der Waals surface area contributed by atoms with Crippen LogP contribution in [0.4, 0.5) is 0 Å². The van der Waals surface area contributed by atoms with Crippen LogP contribution in [0.15, 0.2) is 24.3 Å². The fraction of sp³-hybridized carbons (Fsp3) is 0.562. The molecule has 0 bridgehead atoms. The molecule has 0 fully saturated rings. The number of carbonyl (C=O) groups is 1. The summed E-state index contributed by atoms with van der Waals surface area (Å²) in [5, 5.41) is 0. The zero-order valence-corrected chi connectivity index (χ0v) is 12.3. The highest BCUT2D eigenvalue weighted by Crippen LogP contribution is 2.17. The molecular weight excluding hydrogens is 222 g/mol. The summed E-state index contributed by atoms with van der Waals surface area (Å²) < 4.78 is 0. The Morgan fingerprint density at radius 2 is 1.72 bits per heavy atom. The van der Waals surface area contributed by atoms with E-state index in [-0.39, 0.29) is 11.3 Å². The highest BCUT2D eigenvalue weighted by atomic mass is 16.1. The minimum atomic E-state index is 0.0685. The van der Waals surface area contributed by atoms with E-state index >= 15 is 0 Å². The first-order valence-corrected chi connectivity index (χ1v) is 6.74. The number of carbonyl (C=O) groups excluding carboxylic acids is 1. The molecule has 0 unspecified atom stereocenters. The van der Waals surface area contributed by atoms with Crippen LogP contribution in [0.25, 0.3) is 0 Å². The Kier molecular flexibility index (Phi) is 5.09. The van der Waals surface area contributed by atoms with Crippen molar-refractivity contribution in [1.29, 1.82) is 0 Å². The molecule has 18 heavy (non-hydrogen) atoms. The summed E-state index contributed by atoms with van der Waals surface area (Å²) in [5.41, 5.74) is 2.15. The molecule has 0 saturated carbocycles. The number of benzene rings is 1. The van der Waals surface area contributed by atoms with Gasteiger partial charge in [0.1, 0.15) is 0 Å². The number of nitrogens with zero attached hydrogens (tertiary/aromatic N) is 1. The number of Topliss-reactive ketones (excluding diaryl/α,β-unsaturated/α-hetero) is 1. The van der Waals surface area contributed by atoms with Gasteiger partial charge in [-0.05, 0) is 39.3 Å². The Bertz CT molecular complexity index is 392. The number of aryl methyl sites for hydroxylation is 1. The third-order valence-corrected chi connectivity index (χ3v) is 3.96. The van der Waals surface area contributed by atoms with Crippen molar-refractivity contribution in [2.45, 2.75) is 46.1 Å². The number of rotatable bonds is 6. The lowest BCUT2D eigenvalue weighted by Gasteiger charge is -2.34. The first-order valence-electron chi connectivity index (χ1n) is 6.74. The monoisotopic (exact) mass is 247 g/mol. The van der Waals surface area contributed by atoms with E-state index in [0.29, 0.717) is 6.54 Å². The minimum Gasteiger partial charge on any atom is -0.294 e. The van der Waals surface area contributed by atoms with Gasteiger partial charge in [-0.15, -0.1) is 0 Å². The molecule has 0 amide bonds. The lowest BCUT2D eigenvalue weighted by molar-refractivity contribution is 0.0847. The standard InChI is InChI=1S/C16H25NO/c1-6-13-8-10-14(11-9-13)15(18)12-17(5)16(3,4)7-2/h8-11H,6-7,12H2,1-5H3. The molecule has 0 atom stereocenters. The van der Waals surface area contributed by atoms with E-state index in [4.69, 9.17) is 0 Å². The summed E-state index contributed by atoms with van der Waals surface area (Å²) >= 11 is 0. The van der Waals surface area contributed by atoms with Crippen LogP contribution in [0.5, 0.6) is 0 Å². The normalized spacial score (nSPS) is 11.9. The van der Waals surface area contributed by atoms with E-state index in [1.54, 1.807) is 0 Å². The van der Waals surface area contributed by atoms with Gasteiger partial charge in [0.05, 0.1) is 6.54 Å². The number of likely N-dealkylation sites (N-methyl/N-ethyl adjacent to an activating group) is 1. The van der Waals surface area contributed by atoms with E-state index in [1.807, 2.05) is 31.3 Å². The van der Waals surface area contributed by atoms with Crippen molar-refractivity contribution < 1.29 is 4.79 Å².